The molecule has 0 unspecified atom stereocenters. The van der Waals surface area contributed by atoms with Crippen molar-refractivity contribution < 1.29 is 37.0 Å². The van der Waals surface area contributed by atoms with Crippen LogP contribution in [0.1, 0.15) is 29.8 Å². The smallest absolute Gasteiger partial charge is 0.475 e. The van der Waals surface area contributed by atoms with Gasteiger partial charge in [0.05, 0.1) is 24.0 Å². The second-order valence-electron chi connectivity index (χ2n) is 9.94. The van der Waals surface area contributed by atoms with Gasteiger partial charge in [0, 0.05) is 42.6 Å². The van der Waals surface area contributed by atoms with Crippen LogP contribution < -0.4 is 16.0 Å². The Hall–Kier alpha value is -4.26. The fourth-order valence-corrected chi connectivity index (χ4v) is 4.54. The lowest BCUT2D eigenvalue weighted by Gasteiger charge is -2.36. The second kappa shape index (κ2) is 12.1. The Kier molecular flexibility index (Phi) is 8.76. The zero-order chi connectivity index (χ0) is 29.9. The highest BCUT2D eigenvalue weighted by Crippen LogP contribution is 2.33. The third-order valence-electron chi connectivity index (χ3n) is 6.82. The molecule has 4 heterocycles. The van der Waals surface area contributed by atoms with Crippen LogP contribution in [0.4, 0.5) is 29.1 Å². The van der Waals surface area contributed by atoms with Crippen molar-refractivity contribution in [2.45, 2.75) is 32.5 Å². The van der Waals surface area contributed by atoms with Crippen molar-refractivity contribution in [2.24, 2.45) is 5.92 Å². The van der Waals surface area contributed by atoms with Crippen molar-refractivity contribution >= 4 is 23.4 Å². The summed E-state index contributed by atoms with van der Waals surface area (Å²) in [5.41, 5.74) is 10.8. The number of benzene rings is 1. The molecule has 1 amide bonds. The lowest BCUT2D eigenvalue weighted by atomic mass is 9.98. The molecule has 41 heavy (non-hydrogen) atoms. The summed E-state index contributed by atoms with van der Waals surface area (Å²) in [6, 6.07) is 11.3. The Labute approximate surface area is 233 Å². The van der Waals surface area contributed by atoms with E-state index in [9.17, 15) is 22.4 Å². The number of hydrogen-bond acceptors (Lipinski definition) is 7. The highest BCUT2D eigenvalue weighted by atomic mass is 19.4. The van der Waals surface area contributed by atoms with Gasteiger partial charge in [0.25, 0.3) is 5.91 Å². The van der Waals surface area contributed by atoms with Crippen LogP contribution in [0.2, 0.25) is 0 Å². The van der Waals surface area contributed by atoms with Gasteiger partial charge in [-0.25, -0.2) is 9.78 Å². The van der Waals surface area contributed by atoms with E-state index in [1.165, 1.54) is 0 Å². The van der Waals surface area contributed by atoms with Gasteiger partial charge in [-0.15, -0.1) is 0 Å². The number of carboxylic acids is 1. The van der Waals surface area contributed by atoms with Crippen molar-refractivity contribution in [3.63, 3.8) is 0 Å². The number of morpholine rings is 1. The highest BCUT2D eigenvalue weighted by Gasteiger charge is 2.38. The number of pyridine rings is 2. The van der Waals surface area contributed by atoms with E-state index >= 15 is 0 Å². The Morgan fingerprint density at radius 1 is 1.17 bits per heavy atom. The molecule has 1 fully saturated rings. The minimum Gasteiger partial charge on any atom is -0.475 e. The molecule has 218 valence electrons. The van der Waals surface area contributed by atoms with E-state index in [4.69, 9.17) is 20.4 Å². The number of anilines is 2. The molecule has 4 N–H and O–H groups in total. The zero-order valence-electron chi connectivity index (χ0n) is 22.3. The molecule has 0 radical (unpaired) electrons. The molecule has 3 aromatic rings. The number of carbonyl (C=O) groups excluding carboxylic acids is 1. The van der Waals surface area contributed by atoms with Crippen molar-refractivity contribution in [3.8, 4) is 22.4 Å². The molecule has 2 aromatic heterocycles. The van der Waals surface area contributed by atoms with Crippen LogP contribution in [0.15, 0.2) is 42.6 Å². The number of carbonyl (C=O) groups is 2. The van der Waals surface area contributed by atoms with E-state index in [0.717, 1.165) is 24.3 Å². The molecule has 0 bridgehead atoms. The predicted molar refractivity (Wildman–Crippen MR) is 144 cm³/mol. The average molecular weight is 576 g/mol. The van der Waals surface area contributed by atoms with Gasteiger partial charge in [0.2, 0.25) is 5.95 Å². The number of rotatable bonds is 4. The summed E-state index contributed by atoms with van der Waals surface area (Å²) >= 11 is 0. The second-order valence-corrected chi connectivity index (χ2v) is 9.94. The largest absolute Gasteiger partial charge is 0.490 e. The number of aromatic nitrogens is 2. The fraction of sp³-hybridized carbons (Fsp3) is 0.357. The number of fused-ring (bicyclic) bond motifs is 1. The monoisotopic (exact) mass is 575 g/mol. The molecular formula is C28H29F4N5O4. The standard InChI is InChI=1S/C26H28FN5O2.C2HF3O2/c1-15(2)23-14-32(9-10-34-23)18-5-3-16(4-6-18)19-12-20(25(28)31-24(19)27)22-11-17-7-8-29-26(33)21(17)13-30-22;3-2(4,5)1(6)7/h3-6,11-13,15,23H,7-10,14H2,1-2H3,(H2,28,31)(H,29,33);(H,6,7)/t23-;/m1./s1. The van der Waals surface area contributed by atoms with E-state index in [0.29, 0.717) is 53.4 Å². The molecule has 1 aromatic carbocycles. The first-order valence-corrected chi connectivity index (χ1v) is 12.9. The number of alkyl halides is 3. The average Bonchev–Trinajstić information content (AvgIpc) is 2.93. The first-order valence-electron chi connectivity index (χ1n) is 12.9. The number of nitrogens with two attached hydrogens (primary N) is 1. The molecule has 1 saturated heterocycles. The van der Waals surface area contributed by atoms with Gasteiger partial charge < -0.3 is 25.8 Å². The normalized spacial score (nSPS) is 16.9. The summed E-state index contributed by atoms with van der Waals surface area (Å²) in [4.78, 5) is 31.6. The third-order valence-corrected chi connectivity index (χ3v) is 6.82. The number of nitrogen functional groups attached to an aromatic ring is 1. The summed E-state index contributed by atoms with van der Waals surface area (Å²) in [6.07, 6.45) is -2.63. The van der Waals surface area contributed by atoms with Crippen LogP contribution in [0.25, 0.3) is 22.4 Å². The van der Waals surface area contributed by atoms with Gasteiger partial charge in [-0.2, -0.15) is 17.6 Å². The van der Waals surface area contributed by atoms with Gasteiger partial charge in [-0.1, -0.05) is 26.0 Å². The Balaban J connectivity index is 0.000000493. The molecule has 5 rings (SSSR count). The van der Waals surface area contributed by atoms with Crippen molar-refractivity contribution in [2.75, 3.05) is 36.9 Å². The zero-order valence-corrected chi connectivity index (χ0v) is 22.3. The topological polar surface area (TPSA) is 131 Å². The number of hydrogen-bond donors (Lipinski definition) is 3. The minimum atomic E-state index is -5.08. The van der Waals surface area contributed by atoms with Crippen LogP contribution >= 0.6 is 0 Å². The summed E-state index contributed by atoms with van der Waals surface area (Å²) in [5.74, 6) is -3.00. The van der Waals surface area contributed by atoms with Crippen molar-refractivity contribution in [3.05, 3.63) is 59.7 Å². The quantitative estimate of drug-likeness (QED) is 0.310. The van der Waals surface area contributed by atoms with Crippen LogP contribution in [-0.4, -0.2) is 65.5 Å². The summed E-state index contributed by atoms with van der Waals surface area (Å²) in [5, 5.41) is 9.93. The van der Waals surface area contributed by atoms with Gasteiger partial charge in [0.15, 0.2) is 0 Å². The van der Waals surface area contributed by atoms with Gasteiger partial charge in [-0.3, -0.25) is 9.78 Å². The summed E-state index contributed by atoms with van der Waals surface area (Å²) in [6.45, 7) is 7.26. The summed E-state index contributed by atoms with van der Waals surface area (Å²) < 4.78 is 52.5. The fourth-order valence-electron chi connectivity index (χ4n) is 4.54. The number of ether oxygens (including phenoxy) is 1. The number of nitrogens with one attached hydrogen (secondary N) is 1. The molecule has 0 spiro atoms. The van der Waals surface area contributed by atoms with E-state index < -0.39 is 18.1 Å². The maximum atomic E-state index is 14.9. The first kappa shape index (κ1) is 29.7. The Morgan fingerprint density at radius 2 is 1.85 bits per heavy atom. The van der Waals surface area contributed by atoms with Crippen molar-refractivity contribution in [1.29, 1.82) is 0 Å². The van der Waals surface area contributed by atoms with Crippen molar-refractivity contribution in [1.82, 2.24) is 15.3 Å². The maximum Gasteiger partial charge on any atom is 0.490 e. The first-order chi connectivity index (χ1) is 19.3. The van der Waals surface area contributed by atoms with Crippen LogP contribution in [0.5, 0.6) is 0 Å². The minimum absolute atomic E-state index is 0.0682. The number of aliphatic carboxylic acids is 1. The van der Waals surface area contributed by atoms with Crippen LogP contribution in [0, 0.1) is 11.9 Å². The highest BCUT2D eigenvalue weighted by molar-refractivity contribution is 5.97. The van der Waals surface area contributed by atoms with E-state index in [2.05, 4.69) is 34.0 Å². The molecule has 2 aliphatic rings. The van der Waals surface area contributed by atoms with Crippen LogP contribution in [0.3, 0.4) is 0 Å². The lowest BCUT2D eigenvalue weighted by Crippen LogP contribution is -2.44. The Bertz CT molecular complexity index is 1430. The summed E-state index contributed by atoms with van der Waals surface area (Å²) in [7, 11) is 0. The lowest BCUT2D eigenvalue weighted by molar-refractivity contribution is -0.192. The van der Waals surface area contributed by atoms with E-state index in [1.807, 2.05) is 30.3 Å². The van der Waals surface area contributed by atoms with Gasteiger partial charge in [0.1, 0.15) is 5.82 Å². The Morgan fingerprint density at radius 3 is 2.49 bits per heavy atom. The van der Waals surface area contributed by atoms with E-state index in [1.54, 1.807) is 12.3 Å². The molecule has 9 nitrogen and oxygen atoms in total. The van der Waals surface area contributed by atoms with Gasteiger partial charge in [-0.05, 0) is 47.7 Å². The molecule has 0 aliphatic carbocycles. The SMILES string of the molecule is CC(C)[C@H]1CN(c2ccc(-c3cc(-c4cc5c(cn4)C(=O)NCC5)c(N)nc3F)cc2)CCO1.O=C(O)C(F)(F)F. The molecule has 2 aliphatic heterocycles. The molecule has 13 heteroatoms. The molecule has 1 atom stereocenters. The molecule has 0 saturated carbocycles. The third kappa shape index (κ3) is 6.91. The molecular weight excluding hydrogens is 546 g/mol. The van der Waals surface area contributed by atoms with Gasteiger partial charge >= 0.3 is 12.1 Å². The number of halogens is 4. The van der Waals surface area contributed by atoms with E-state index in [-0.39, 0.29) is 17.8 Å². The number of carboxylic acid groups (broad SMARTS) is 1. The number of amides is 1. The predicted octanol–water partition coefficient (Wildman–Crippen LogP) is 4.31. The van der Waals surface area contributed by atoms with Crippen LogP contribution in [-0.2, 0) is 16.0 Å². The maximum absolute atomic E-state index is 14.9. The number of nitrogens with zero attached hydrogens (tertiary/aromatic N) is 3.